The third-order valence-electron chi connectivity index (χ3n) is 4.46. The Bertz CT molecular complexity index is 722. The first kappa shape index (κ1) is 16.6. The smallest absolute Gasteiger partial charge is 0.368 e. The summed E-state index contributed by atoms with van der Waals surface area (Å²) in [6.45, 7) is 6.93. The Labute approximate surface area is 140 Å². The van der Waals surface area contributed by atoms with Gasteiger partial charge in [-0.3, -0.25) is 0 Å². The summed E-state index contributed by atoms with van der Waals surface area (Å²) >= 11 is 0. The van der Waals surface area contributed by atoms with Crippen molar-refractivity contribution in [2.24, 2.45) is 11.3 Å². The molecule has 1 aliphatic rings. The van der Waals surface area contributed by atoms with Crippen LogP contribution in [0.25, 0.3) is 5.65 Å². The normalized spacial score (nSPS) is 16.4. The van der Waals surface area contributed by atoms with E-state index in [0.29, 0.717) is 17.4 Å². The molecule has 2 aromatic rings. The molecule has 24 heavy (non-hydrogen) atoms. The molecule has 1 aliphatic heterocycles. The van der Waals surface area contributed by atoms with Gasteiger partial charge in [0, 0.05) is 25.8 Å². The second-order valence-electron chi connectivity index (χ2n) is 7.14. The van der Waals surface area contributed by atoms with Gasteiger partial charge >= 0.3 is 5.82 Å². The fraction of sp³-hybridized carbons (Fsp3) is 0.625. The molecule has 0 unspecified atom stereocenters. The molecule has 0 aromatic carbocycles. The van der Waals surface area contributed by atoms with E-state index in [4.69, 9.17) is 4.74 Å². The van der Waals surface area contributed by atoms with Crippen LogP contribution in [0.1, 0.15) is 33.1 Å². The van der Waals surface area contributed by atoms with Crippen LogP contribution in [0.5, 0.6) is 0 Å². The van der Waals surface area contributed by atoms with Crippen molar-refractivity contribution >= 4 is 17.3 Å². The number of rotatable bonds is 6. The van der Waals surface area contributed by atoms with Crippen LogP contribution in [0.15, 0.2) is 18.3 Å². The lowest BCUT2D eigenvalue weighted by Gasteiger charge is -2.32. The van der Waals surface area contributed by atoms with E-state index in [0.717, 1.165) is 39.0 Å². The Balaban J connectivity index is 1.65. The van der Waals surface area contributed by atoms with Crippen LogP contribution in [0.2, 0.25) is 0 Å². The van der Waals surface area contributed by atoms with Gasteiger partial charge in [-0.15, -0.1) is 0 Å². The maximum absolute atomic E-state index is 11.0. The first-order valence-electron chi connectivity index (χ1n) is 8.25. The van der Waals surface area contributed by atoms with E-state index >= 15 is 0 Å². The molecule has 1 N–H and O–H groups in total. The van der Waals surface area contributed by atoms with Gasteiger partial charge in [0.15, 0.2) is 5.82 Å². The van der Waals surface area contributed by atoms with Gasteiger partial charge < -0.3 is 20.2 Å². The van der Waals surface area contributed by atoms with Crippen LogP contribution in [0.3, 0.4) is 0 Å². The van der Waals surface area contributed by atoms with E-state index in [2.05, 4.69) is 29.2 Å². The van der Waals surface area contributed by atoms with Crippen molar-refractivity contribution in [2.45, 2.75) is 33.1 Å². The molecular weight excluding hydrogens is 310 g/mol. The van der Waals surface area contributed by atoms with Gasteiger partial charge in [0.05, 0.1) is 0 Å². The van der Waals surface area contributed by atoms with Gasteiger partial charge in [-0.1, -0.05) is 23.5 Å². The maximum atomic E-state index is 11.0. The minimum atomic E-state index is -0.480. The molecule has 0 spiro atoms. The molecule has 1 fully saturated rings. The first-order valence-corrected chi connectivity index (χ1v) is 8.25. The van der Waals surface area contributed by atoms with Crippen molar-refractivity contribution in [3.05, 3.63) is 28.4 Å². The maximum Gasteiger partial charge on any atom is 0.368 e. The van der Waals surface area contributed by atoms with Crippen molar-refractivity contribution in [1.29, 1.82) is 0 Å². The Morgan fingerprint density at radius 1 is 1.42 bits per heavy atom. The standard InChI is InChI=1S/C16H23N5O3/c1-16(2,9-12-5-7-24-8-6-12)11-18-13-3-4-14-17-10-15(21(22)23)20(14)19-13/h3-4,10,12H,5-9,11H2,1-2H3,(H,18,19). The number of nitrogens with zero attached hydrogens (tertiary/aromatic N) is 4. The minimum absolute atomic E-state index is 0.111. The van der Waals surface area contributed by atoms with Gasteiger partial charge in [-0.2, -0.15) is 0 Å². The van der Waals surface area contributed by atoms with E-state index in [1.165, 1.54) is 10.7 Å². The van der Waals surface area contributed by atoms with Crippen LogP contribution in [-0.4, -0.2) is 39.3 Å². The molecule has 0 amide bonds. The second-order valence-corrected chi connectivity index (χ2v) is 7.14. The summed E-state index contributed by atoms with van der Waals surface area (Å²) in [7, 11) is 0. The summed E-state index contributed by atoms with van der Waals surface area (Å²) in [6.07, 6.45) is 4.59. The van der Waals surface area contributed by atoms with Crippen LogP contribution in [-0.2, 0) is 4.74 Å². The van der Waals surface area contributed by atoms with Crippen LogP contribution in [0, 0.1) is 21.4 Å². The number of aromatic nitrogens is 3. The molecule has 0 aliphatic carbocycles. The molecule has 8 nitrogen and oxygen atoms in total. The second kappa shape index (κ2) is 6.72. The summed E-state index contributed by atoms with van der Waals surface area (Å²) in [5.41, 5.74) is 0.577. The third-order valence-corrected chi connectivity index (χ3v) is 4.46. The zero-order valence-corrected chi connectivity index (χ0v) is 14.1. The highest BCUT2D eigenvalue weighted by Gasteiger charge is 2.25. The fourth-order valence-electron chi connectivity index (χ4n) is 3.21. The Hall–Kier alpha value is -2.22. The highest BCUT2D eigenvalue weighted by Crippen LogP contribution is 2.31. The number of ether oxygens (including phenoxy) is 1. The number of anilines is 1. The summed E-state index contributed by atoms with van der Waals surface area (Å²) in [4.78, 5) is 14.5. The van der Waals surface area contributed by atoms with Crippen molar-refractivity contribution in [2.75, 3.05) is 25.1 Å². The molecule has 0 atom stereocenters. The van der Waals surface area contributed by atoms with E-state index in [9.17, 15) is 10.1 Å². The van der Waals surface area contributed by atoms with Crippen LogP contribution >= 0.6 is 0 Å². The fourth-order valence-corrected chi connectivity index (χ4v) is 3.21. The molecule has 0 bridgehead atoms. The Kier molecular flexibility index (Phi) is 4.66. The van der Waals surface area contributed by atoms with E-state index in [1.54, 1.807) is 12.1 Å². The molecule has 0 saturated carbocycles. The number of nitrogens with one attached hydrogen (secondary N) is 1. The number of imidazole rings is 1. The Morgan fingerprint density at radius 2 is 2.17 bits per heavy atom. The molecule has 3 rings (SSSR count). The molecule has 0 radical (unpaired) electrons. The average molecular weight is 333 g/mol. The highest BCUT2D eigenvalue weighted by molar-refractivity contribution is 5.48. The van der Waals surface area contributed by atoms with Crippen molar-refractivity contribution < 1.29 is 9.66 Å². The summed E-state index contributed by atoms with van der Waals surface area (Å²) in [5.74, 6) is 1.18. The van der Waals surface area contributed by atoms with E-state index in [-0.39, 0.29) is 11.2 Å². The molecule has 8 heteroatoms. The molecule has 1 saturated heterocycles. The first-order chi connectivity index (χ1) is 11.4. The largest absolute Gasteiger partial charge is 0.381 e. The quantitative estimate of drug-likeness (QED) is 0.645. The van der Waals surface area contributed by atoms with Gasteiger partial charge in [0.2, 0.25) is 5.65 Å². The number of hydrogen-bond donors (Lipinski definition) is 1. The molecule has 3 heterocycles. The SMILES string of the molecule is CC(C)(CNc1ccc2ncc([N+](=O)[O-])n2n1)CC1CCOCC1. The lowest BCUT2D eigenvalue weighted by Crippen LogP contribution is -2.29. The van der Waals surface area contributed by atoms with Crippen LogP contribution < -0.4 is 5.32 Å². The zero-order chi connectivity index (χ0) is 17.2. The lowest BCUT2D eigenvalue weighted by atomic mass is 9.80. The lowest BCUT2D eigenvalue weighted by molar-refractivity contribution is -0.391. The summed E-state index contributed by atoms with van der Waals surface area (Å²) in [6, 6.07) is 3.53. The Morgan fingerprint density at radius 3 is 2.88 bits per heavy atom. The van der Waals surface area contributed by atoms with Crippen molar-refractivity contribution in [3.8, 4) is 0 Å². The predicted molar refractivity (Wildman–Crippen MR) is 90.1 cm³/mol. The third kappa shape index (κ3) is 3.81. The topological polar surface area (TPSA) is 94.6 Å². The minimum Gasteiger partial charge on any atom is -0.381 e. The number of nitro groups is 1. The van der Waals surface area contributed by atoms with Crippen molar-refractivity contribution in [1.82, 2.24) is 14.6 Å². The predicted octanol–water partition coefficient (Wildman–Crippen LogP) is 2.89. The van der Waals surface area contributed by atoms with E-state index in [1.807, 2.05) is 0 Å². The molecule has 2 aromatic heterocycles. The highest BCUT2D eigenvalue weighted by atomic mass is 16.6. The van der Waals surface area contributed by atoms with Gasteiger partial charge in [-0.25, -0.2) is 4.98 Å². The molecular formula is C16H23N5O3. The monoisotopic (exact) mass is 333 g/mol. The van der Waals surface area contributed by atoms with E-state index < -0.39 is 4.92 Å². The van der Waals surface area contributed by atoms with Gasteiger partial charge in [0.1, 0.15) is 6.20 Å². The number of fused-ring (bicyclic) bond motifs is 1. The number of hydrogen-bond acceptors (Lipinski definition) is 6. The summed E-state index contributed by atoms with van der Waals surface area (Å²) < 4.78 is 6.68. The average Bonchev–Trinajstić information content (AvgIpc) is 2.97. The van der Waals surface area contributed by atoms with Crippen LogP contribution in [0.4, 0.5) is 11.6 Å². The summed E-state index contributed by atoms with van der Waals surface area (Å²) in [5, 5.41) is 18.6. The van der Waals surface area contributed by atoms with Gasteiger partial charge in [0.25, 0.3) is 0 Å². The van der Waals surface area contributed by atoms with Gasteiger partial charge in [-0.05, 0) is 41.6 Å². The zero-order valence-electron chi connectivity index (χ0n) is 14.1. The van der Waals surface area contributed by atoms with Crippen molar-refractivity contribution in [3.63, 3.8) is 0 Å². The molecule has 130 valence electrons.